The van der Waals surface area contributed by atoms with Gasteiger partial charge >= 0.3 is 0 Å². The minimum atomic E-state index is -0.286. The lowest BCUT2D eigenvalue weighted by Crippen LogP contribution is -2.17. The first kappa shape index (κ1) is 21.3. The smallest absolute Gasteiger partial charge is 0.271 e. The predicted octanol–water partition coefficient (Wildman–Crippen LogP) is 4.43. The Morgan fingerprint density at radius 1 is 0.929 bits per heavy atom. The van der Waals surface area contributed by atoms with E-state index in [1.54, 1.807) is 30.5 Å². The summed E-state index contributed by atoms with van der Waals surface area (Å²) in [4.78, 5) is 12.2. The van der Waals surface area contributed by atoms with E-state index < -0.39 is 0 Å². The molecule has 0 aliphatic heterocycles. The van der Waals surface area contributed by atoms with Crippen LogP contribution in [0, 0.1) is 0 Å². The summed E-state index contributed by atoms with van der Waals surface area (Å²) in [5, 5.41) is 4.03. The maximum absolute atomic E-state index is 12.2. The van der Waals surface area contributed by atoms with Crippen LogP contribution < -0.4 is 19.6 Å². The van der Waals surface area contributed by atoms with E-state index in [4.69, 9.17) is 14.2 Å². The molecule has 0 atom stereocenters. The van der Waals surface area contributed by atoms with Crippen LogP contribution in [0.25, 0.3) is 0 Å². The van der Waals surface area contributed by atoms with Crippen LogP contribution in [-0.4, -0.2) is 31.9 Å². The number of carbonyl (C=O) groups is 1. The molecule has 1 N–H and O–H groups in total. The number of amides is 1. The van der Waals surface area contributed by atoms with E-state index in [9.17, 15) is 4.79 Å². The molecule has 150 valence electrons. The molecule has 2 rings (SSSR count). The Labute approximate surface area is 166 Å². The summed E-state index contributed by atoms with van der Waals surface area (Å²) in [5.74, 6) is 1.83. The standard InChI is InChI=1S/C22H28N2O4/c1-4-13-27-19-10-8-18(9-11-19)22(25)24-23-16-17-7-12-20(28-14-5-2)21(15-17)26-6-3/h7-12,15-16H,4-6,13-14H2,1-3H3,(H,24,25)/b23-16+. The van der Waals surface area contributed by atoms with Crippen LogP contribution in [0.3, 0.4) is 0 Å². The number of hydrogen-bond acceptors (Lipinski definition) is 5. The molecule has 0 aromatic heterocycles. The fourth-order valence-electron chi connectivity index (χ4n) is 2.36. The molecule has 6 nitrogen and oxygen atoms in total. The van der Waals surface area contributed by atoms with Gasteiger partial charge in [-0.25, -0.2) is 5.43 Å². The number of ether oxygens (including phenoxy) is 3. The second-order valence-electron chi connectivity index (χ2n) is 6.06. The van der Waals surface area contributed by atoms with Crippen molar-refractivity contribution in [1.29, 1.82) is 0 Å². The molecule has 6 heteroatoms. The number of nitrogens with one attached hydrogen (secondary N) is 1. The van der Waals surface area contributed by atoms with Crippen molar-refractivity contribution in [3.05, 3.63) is 53.6 Å². The SMILES string of the molecule is CCCOc1ccc(C(=O)N/N=C/c2ccc(OCCC)c(OCC)c2)cc1. The van der Waals surface area contributed by atoms with Gasteiger partial charge < -0.3 is 14.2 Å². The summed E-state index contributed by atoms with van der Waals surface area (Å²) in [5.41, 5.74) is 3.84. The number of carbonyl (C=O) groups excluding carboxylic acids is 1. The Morgan fingerprint density at radius 3 is 2.32 bits per heavy atom. The van der Waals surface area contributed by atoms with Crippen LogP contribution in [-0.2, 0) is 0 Å². The summed E-state index contributed by atoms with van der Waals surface area (Å²) in [6, 6.07) is 12.5. The quantitative estimate of drug-likeness (QED) is 0.460. The first-order valence-electron chi connectivity index (χ1n) is 9.63. The van der Waals surface area contributed by atoms with Crippen molar-refractivity contribution in [1.82, 2.24) is 5.43 Å². The monoisotopic (exact) mass is 384 g/mol. The average molecular weight is 384 g/mol. The predicted molar refractivity (Wildman–Crippen MR) is 111 cm³/mol. The summed E-state index contributed by atoms with van der Waals surface area (Å²) < 4.78 is 16.8. The van der Waals surface area contributed by atoms with Crippen molar-refractivity contribution in [3.8, 4) is 17.2 Å². The number of rotatable bonds is 11. The first-order valence-corrected chi connectivity index (χ1v) is 9.63. The van der Waals surface area contributed by atoms with E-state index in [-0.39, 0.29) is 5.91 Å². The first-order chi connectivity index (χ1) is 13.7. The summed E-state index contributed by atoms with van der Waals surface area (Å²) in [6.07, 6.45) is 3.43. The van der Waals surface area contributed by atoms with Crippen molar-refractivity contribution in [2.24, 2.45) is 5.10 Å². The van der Waals surface area contributed by atoms with E-state index in [0.717, 1.165) is 24.2 Å². The van der Waals surface area contributed by atoms with Crippen molar-refractivity contribution >= 4 is 12.1 Å². The van der Waals surface area contributed by atoms with Gasteiger partial charge in [-0.15, -0.1) is 0 Å². The zero-order valence-electron chi connectivity index (χ0n) is 16.7. The maximum Gasteiger partial charge on any atom is 0.271 e. The molecule has 1 amide bonds. The van der Waals surface area contributed by atoms with E-state index in [1.165, 1.54) is 0 Å². The van der Waals surface area contributed by atoms with Gasteiger partial charge in [0.05, 0.1) is 26.0 Å². The Hall–Kier alpha value is -3.02. The molecular weight excluding hydrogens is 356 g/mol. The molecule has 0 saturated heterocycles. The molecule has 28 heavy (non-hydrogen) atoms. The highest BCUT2D eigenvalue weighted by atomic mass is 16.5. The van der Waals surface area contributed by atoms with Crippen LogP contribution >= 0.6 is 0 Å². The molecular formula is C22H28N2O4. The van der Waals surface area contributed by atoms with Crippen LogP contribution in [0.2, 0.25) is 0 Å². The highest BCUT2D eigenvalue weighted by molar-refractivity contribution is 5.95. The van der Waals surface area contributed by atoms with E-state index in [1.807, 2.05) is 32.0 Å². The Kier molecular flexibility index (Phi) is 8.85. The van der Waals surface area contributed by atoms with Crippen LogP contribution in [0.15, 0.2) is 47.6 Å². The summed E-state index contributed by atoms with van der Waals surface area (Å²) in [6.45, 7) is 7.84. The summed E-state index contributed by atoms with van der Waals surface area (Å²) in [7, 11) is 0. The van der Waals surface area contributed by atoms with E-state index in [2.05, 4.69) is 17.5 Å². The van der Waals surface area contributed by atoms with E-state index >= 15 is 0 Å². The fourth-order valence-corrected chi connectivity index (χ4v) is 2.36. The third-order valence-electron chi connectivity index (χ3n) is 3.70. The van der Waals surface area contributed by atoms with Crippen molar-refractivity contribution in [3.63, 3.8) is 0 Å². The third kappa shape index (κ3) is 6.61. The molecule has 0 saturated carbocycles. The van der Waals surface area contributed by atoms with Gasteiger partial charge in [-0.3, -0.25) is 4.79 Å². The molecule has 0 aliphatic rings. The number of benzene rings is 2. The maximum atomic E-state index is 12.2. The van der Waals surface area contributed by atoms with E-state index in [0.29, 0.717) is 36.9 Å². The number of hydrazone groups is 1. The number of nitrogens with zero attached hydrogens (tertiary/aromatic N) is 1. The fraction of sp³-hybridized carbons (Fsp3) is 0.364. The molecule has 0 spiro atoms. The Morgan fingerprint density at radius 2 is 1.64 bits per heavy atom. The summed E-state index contributed by atoms with van der Waals surface area (Å²) >= 11 is 0. The van der Waals surface area contributed by atoms with Gasteiger partial charge in [-0.2, -0.15) is 5.10 Å². The Bertz CT molecular complexity index is 773. The number of hydrogen-bond donors (Lipinski definition) is 1. The van der Waals surface area contributed by atoms with Crippen LogP contribution in [0.5, 0.6) is 17.2 Å². The molecule has 0 fully saturated rings. The second-order valence-corrected chi connectivity index (χ2v) is 6.06. The lowest BCUT2D eigenvalue weighted by atomic mass is 10.2. The largest absolute Gasteiger partial charge is 0.494 e. The van der Waals surface area contributed by atoms with Gasteiger partial charge in [0, 0.05) is 5.56 Å². The molecule has 0 bridgehead atoms. The molecule has 2 aromatic rings. The van der Waals surface area contributed by atoms with Gasteiger partial charge in [0.15, 0.2) is 11.5 Å². The van der Waals surface area contributed by atoms with Crippen molar-refractivity contribution in [2.45, 2.75) is 33.6 Å². The molecule has 0 unspecified atom stereocenters. The lowest BCUT2D eigenvalue weighted by molar-refractivity contribution is 0.0955. The van der Waals surface area contributed by atoms with Crippen molar-refractivity contribution < 1.29 is 19.0 Å². The van der Waals surface area contributed by atoms with Gasteiger partial charge in [-0.05, 0) is 67.8 Å². The minimum Gasteiger partial charge on any atom is -0.494 e. The normalized spacial score (nSPS) is 10.7. The molecule has 0 heterocycles. The molecule has 0 radical (unpaired) electrons. The second kappa shape index (κ2) is 11.6. The van der Waals surface area contributed by atoms with Crippen molar-refractivity contribution in [2.75, 3.05) is 19.8 Å². The van der Waals surface area contributed by atoms with Gasteiger partial charge in [0.2, 0.25) is 0 Å². The van der Waals surface area contributed by atoms with Gasteiger partial charge in [0.1, 0.15) is 5.75 Å². The zero-order chi connectivity index (χ0) is 20.2. The lowest BCUT2D eigenvalue weighted by Gasteiger charge is -2.11. The van der Waals surface area contributed by atoms with Crippen LogP contribution in [0.4, 0.5) is 0 Å². The zero-order valence-corrected chi connectivity index (χ0v) is 16.7. The third-order valence-corrected chi connectivity index (χ3v) is 3.70. The van der Waals surface area contributed by atoms with Crippen LogP contribution in [0.1, 0.15) is 49.5 Å². The van der Waals surface area contributed by atoms with Gasteiger partial charge in [-0.1, -0.05) is 13.8 Å². The molecule has 0 aliphatic carbocycles. The molecule has 2 aromatic carbocycles. The minimum absolute atomic E-state index is 0.286. The highest BCUT2D eigenvalue weighted by Crippen LogP contribution is 2.28. The van der Waals surface area contributed by atoms with Gasteiger partial charge in [0.25, 0.3) is 5.91 Å². The Balaban J connectivity index is 1.97. The topological polar surface area (TPSA) is 69.2 Å². The highest BCUT2D eigenvalue weighted by Gasteiger charge is 2.07. The average Bonchev–Trinajstić information content (AvgIpc) is 2.72.